The Morgan fingerprint density at radius 3 is 2.62 bits per heavy atom. The van der Waals surface area contributed by atoms with E-state index >= 15 is 0 Å². The van der Waals surface area contributed by atoms with E-state index in [-0.39, 0.29) is 5.91 Å². The van der Waals surface area contributed by atoms with Crippen LogP contribution in [0.1, 0.15) is 19.3 Å². The van der Waals surface area contributed by atoms with Crippen molar-refractivity contribution in [3.63, 3.8) is 0 Å². The Morgan fingerprint density at radius 1 is 1.50 bits per heavy atom. The van der Waals surface area contributed by atoms with E-state index in [1.54, 1.807) is 6.07 Å². The van der Waals surface area contributed by atoms with Crippen LogP contribution in [0.25, 0.3) is 0 Å². The van der Waals surface area contributed by atoms with E-state index in [9.17, 15) is 4.79 Å². The topological polar surface area (TPSA) is 55.1 Å². The van der Waals surface area contributed by atoms with Gasteiger partial charge in [-0.25, -0.2) is 0 Å². The van der Waals surface area contributed by atoms with Gasteiger partial charge in [-0.05, 0) is 53.4 Å². The molecule has 1 saturated carbocycles. The van der Waals surface area contributed by atoms with Gasteiger partial charge in [-0.2, -0.15) is 0 Å². The normalized spacial score (nSPS) is 17.6. The SMILES string of the molecule is NC(=O)C1(Nc2ccc(Cl)c(Br)c2)CCC1. The Balaban J connectivity index is 2.20. The van der Waals surface area contributed by atoms with Gasteiger partial charge in [0.1, 0.15) is 5.54 Å². The van der Waals surface area contributed by atoms with Gasteiger partial charge < -0.3 is 11.1 Å². The van der Waals surface area contributed by atoms with Crippen molar-refractivity contribution in [2.75, 3.05) is 5.32 Å². The smallest absolute Gasteiger partial charge is 0.243 e. The molecule has 3 nitrogen and oxygen atoms in total. The molecule has 0 unspecified atom stereocenters. The first kappa shape index (κ1) is 11.7. The van der Waals surface area contributed by atoms with Crippen LogP contribution >= 0.6 is 27.5 Å². The molecule has 0 bridgehead atoms. The number of benzene rings is 1. The van der Waals surface area contributed by atoms with Crippen LogP contribution in [0, 0.1) is 0 Å². The van der Waals surface area contributed by atoms with Crippen molar-refractivity contribution in [1.29, 1.82) is 0 Å². The molecule has 0 aliphatic heterocycles. The monoisotopic (exact) mass is 302 g/mol. The fourth-order valence-corrected chi connectivity index (χ4v) is 2.31. The third-order valence-corrected chi connectivity index (χ3v) is 4.20. The Morgan fingerprint density at radius 2 is 2.19 bits per heavy atom. The summed E-state index contributed by atoms with van der Waals surface area (Å²) in [7, 11) is 0. The van der Waals surface area contributed by atoms with Crippen molar-refractivity contribution in [2.24, 2.45) is 5.73 Å². The lowest BCUT2D eigenvalue weighted by Crippen LogP contribution is -2.55. The second kappa shape index (κ2) is 4.26. The van der Waals surface area contributed by atoms with Gasteiger partial charge in [0.05, 0.1) is 5.02 Å². The van der Waals surface area contributed by atoms with Gasteiger partial charge in [0, 0.05) is 10.2 Å². The molecular weight excluding hydrogens is 291 g/mol. The molecule has 0 spiro atoms. The number of nitrogens with one attached hydrogen (secondary N) is 1. The maximum Gasteiger partial charge on any atom is 0.243 e. The second-order valence-corrected chi connectivity index (χ2v) is 5.32. The van der Waals surface area contributed by atoms with E-state index in [0.717, 1.165) is 29.4 Å². The molecule has 0 saturated heterocycles. The Bertz CT molecular complexity index is 432. The summed E-state index contributed by atoms with van der Waals surface area (Å²) in [6.45, 7) is 0. The summed E-state index contributed by atoms with van der Waals surface area (Å²) in [5.74, 6) is -0.287. The molecule has 86 valence electrons. The van der Waals surface area contributed by atoms with Crippen LogP contribution in [0.3, 0.4) is 0 Å². The maximum atomic E-state index is 11.4. The van der Waals surface area contributed by atoms with Crippen LogP contribution in [0.15, 0.2) is 22.7 Å². The lowest BCUT2D eigenvalue weighted by atomic mass is 9.76. The highest BCUT2D eigenvalue weighted by molar-refractivity contribution is 9.10. The molecule has 1 aromatic rings. The number of carbonyl (C=O) groups excluding carboxylic acids is 1. The average molecular weight is 304 g/mol. The van der Waals surface area contributed by atoms with E-state index in [2.05, 4.69) is 21.2 Å². The summed E-state index contributed by atoms with van der Waals surface area (Å²) >= 11 is 9.24. The van der Waals surface area contributed by atoms with E-state index in [4.69, 9.17) is 17.3 Å². The van der Waals surface area contributed by atoms with Crippen LogP contribution in [0.5, 0.6) is 0 Å². The Hall–Kier alpha value is -0.740. The predicted molar refractivity (Wildman–Crippen MR) is 68.6 cm³/mol. The van der Waals surface area contributed by atoms with E-state index in [1.807, 2.05) is 12.1 Å². The molecule has 16 heavy (non-hydrogen) atoms. The summed E-state index contributed by atoms with van der Waals surface area (Å²) in [6, 6.07) is 5.47. The highest BCUT2D eigenvalue weighted by Crippen LogP contribution is 2.36. The first-order valence-corrected chi connectivity index (χ1v) is 6.24. The number of rotatable bonds is 3. The van der Waals surface area contributed by atoms with Crippen molar-refractivity contribution in [1.82, 2.24) is 0 Å². The number of amides is 1. The van der Waals surface area contributed by atoms with Crippen molar-refractivity contribution >= 4 is 39.1 Å². The largest absolute Gasteiger partial charge is 0.371 e. The third-order valence-electron chi connectivity index (χ3n) is 2.98. The van der Waals surface area contributed by atoms with Gasteiger partial charge in [0.15, 0.2) is 0 Å². The quantitative estimate of drug-likeness (QED) is 0.902. The van der Waals surface area contributed by atoms with Crippen LogP contribution in [0.4, 0.5) is 5.69 Å². The van der Waals surface area contributed by atoms with Crippen LogP contribution in [0.2, 0.25) is 5.02 Å². The summed E-state index contributed by atoms with van der Waals surface area (Å²) < 4.78 is 0.804. The molecule has 0 atom stereocenters. The summed E-state index contributed by atoms with van der Waals surface area (Å²) in [4.78, 5) is 11.4. The molecule has 5 heteroatoms. The number of carbonyl (C=O) groups is 1. The standard InChI is InChI=1S/C11H12BrClN2O/c12-8-6-7(2-3-9(8)13)15-11(10(14)16)4-1-5-11/h2-3,6,15H,1,4-5H2,(H2,14,16). The number of anilines is 1. The summed E-state index contributed by atoms with van der Waals surface area (Å²) in [5, 5.41) is 3.84. The van der Waals surface area contributed by atoms with Gasteiger partial charge in [0.25, 0.3) is 0 Å². The van der Waals surface area contributed by atoms with Crippen molar-refractivity contribution in [3.05, 3.63) is 27.7 Å². The number of hydrogen-bond acceptors (Lipinski definition) is 2. The van der Waals surface area contributed by atoms with Gasteiger partial charge in [0.2, 0.25) is 5.91 Å². The molecule has 1 amide bonds. The van der Waals surface area contributed by atoms with Crippen LogP contribution < -0.4 is 11.1 Å². The maximum absolute atomic E-state index is 11.4. The highest BCUT2D eigenvalue weighted by Gasteiger charge is 2.42. The van der Waals surface area contributed by atoms with Crippen LogP contribution in [-0.4, -0.2) is 11.4 Å². The second-order valence-electron chi connectivity index (χ2n) is 4.05. The lowest BCUT2D eigenvalue weighted by molar-refractivity contribution is -0.124. The van der Waals surface area contributed by atoms with Crippen molar-refractivity contribution < 1.29 is 4.79 Å². The zero-order valence-corrected chi connectivity index (χ0v) is 10.9. The zero-order valence-electron chi connectivity index (χ0n) is 8.59. The average Bonchev–Trinajstić information content (AvgIpc) is 2.16. The molecule has 1 fully saturated rings. The molecule has 3 N–H and O–H groups in total. The van der Waals surface area contributed by atoms with Gasteiger partial charge in [-0.3, -0.25) is 4.79 Å². The lowest BCUT2D eigenvalue weighted by Gasteiger charge is -2.40. The fourth-order valence-electron chi connectivity index (χ4n) is 1.81. The highest BCUT2D eigenvalue weighted by atomic mass is 79.9. The summed E-state index contributed by atoms with van der Waals surface area (Å²) in [5.41, 5.74) is 5.70. The molecule has 1 aliphatic rings. The number of primary amides is 1. The van der Waals surface area contributed by atoms with E-state index in [0.29, 0.717) is 5.02 Å². The molecule has 0 heterocycles. The van der Waals surface area contributed by atoms with Gasteiger partial charge in [-0.1, -0.05) is 11.6 Å². The van der Waals surface area contributed by atoms with Crippen molar-refractivity contribution in [2.45, 2.75) is 24.8 Å². The minimum absolute atomic E-state index is 0.287. The molecule has 0 aromatic heterocycles. The molecule has 1 aliphatic carbocycles. The van der Waals surface area contributed by atoms with Gasteiger partial charge >= 0.3 is 0 Å². The number of halogens is 2. The van der Waals surface area contributed by atoms with Crippen molar-refractivity contribution in [3.8, 4) is 0 Å². The summed E-state index contributed by atoms with van der Waals surface area (Å²) in [6.07, 6.45) is 2.62. The molecule has 0 radical (unpaired) electrons. The van der Waals surface area contributed by atoms with E-state index < -0.39 is 5.54 Å². The first-order valence-electron chi connectivity index (χ1n) is 5.07. The Kier molecular flexibility index (Phi) is 3.13. The minimum Gasteiger partial charge on any atom is -0.371 e. The number of nitrogens with two attached hydrogens (primary N) is 1. The van der Waals surface area contributed by atoms with Crippen LogP contribution in [-0.2, 0) is 4.79 Å². The third kappa shape index (κ3) is 2.04. The van der Waals surface area contributed by atoms with E-state index in [1.165, 1.54) is 0 Å². The molecule has 2 rings (SSSR count). The zero-order chi connectivity index (χ0) is 11.8. The Labute approximate surface area is 107 Å². The number of hydrogen-bond donors (Lipinski definition) is 2. The molecule has 1 aromatic carbocycles. The first-order chi connectivity index (χ1) is 7.53. The van der Waals surface area contributed by atoms with Gasteiger partial charge in [-0.15, -0.1) is 0 Å². The predicted octanol–water partition coefficient (Wildman–Crippen LogP) is 2.92. The fraction of sp³-hybridized carbons (Fsp3) is 0.364. The minimum atomic E-state index is -0.562. The molecular formula is C11H12BrClN2O.